The summed E-state index contributed by atoms with van der Waals surface area (Å²) in [7, 11) is 0. The van der Waals surface area contributed by atoms with Crippen molar-refractivity contribution in [1.82, 2.24) is 4.90 Å². The summed E-state index contributed by atoms with van der Waals surface area (Å²) in [5, 5.41) is 0. The summed E-state index contributed by atoms with van der Waals surface area (Å²) in [6.45, 7) is 1.25. The summed E-state index contributed by atoms with van der Waals surface area (Å²) < 4.78 is 12.9. The molecule has 1 atom stereocenters. The first kappa shape index (κ1) is 15.0. The molecular weight excluding hydrogens is 281 g/mol. The topological polar surface area (TPSA) is 37.4 Å². The van der Waals surface area contributed by atoms with Crippen LogP contribution in [-0.4, -0.2) is 35.6 Å². The first-order valence-electron chi connectivity index (χ1n) is 6.72. The second-order valence-corrected chi connectivity index (χ2v) is 5.41. The van der Waals surface area contributed by atoms with Gasteiger partial charge in [0.05, 0.1) is 5.88 Å². The number of piperidine rings is 1. The number of carbonyl (C=O) groups excluding carboxylic acids is 2. The molecule has 1 fully saturated rings. The van der Waals surface area contributed by atoms with Gasteiger partial charge in [-0.1, -0.05) is 0 Å². The Morgan fingerprint density at radius 1 is 1.30 bits per heavy atom. The van der Waals surface area contributed by atoms with Crippen molar-refractivity contribution >= 4 is 23.3 Å². The van der Waals surface area contributed by atoms with Crippen molar-refractivity contribution in [2.45, 2.75) is 19.3 Å². The predicted octanol–water partition coefficient (Wildman–Crippen LogP) is 2.88. The number of carbonyl (C=O) groups is 2. The molecule has 1 aliphatic rings. The average molecular weight is 298 g/mol. The van der Waals surface area contributed by atoms with Gasteiger partial charge >= 0.3 is 0 Å². The van der Waals surface area contributed by atoms with Crippen LogP contribution in [0.1, 0.15) is 29.6 Å². The number of nitrogens with zero attached hydrogens (tertiary/aromatic N) is 1. The fourth-order valence-electron chi connectivity index (χ4n) is 2.57. The molecule has 1 amide bonds. The Morgan fingerprint density at radius 2 is 2.00 bits per heavy atom. The summed E-state index contributed by atoms with van der Waals surface area (Å²) in [6.07, 6.45) is 2.25. The number of Topliss-reactive ketones (excluding diaryl/α,β-unsaturated/α-hetero) is 1. The summed E-state index contributed by atoms with van der Waals surface area (Å²) >= 11 is 5.52. The van der Waals surface area contributed by atoms with E-state index in [1.165, 1.54) is 24.3 Å². The average Bonchev–Trinajstić information content (AvgIpc) is 2.47. The summed E-state index contributed by atoms with van der Waals surface area (Å²) in [5.74, 6) is -0.228. The Balaban J connectivity index is 1.99. The maximum atomic E-state index is 12.9. The van der Waals surface area contributed by atoms with E-state index >= 15 is 0 Å². The van der Waals surface area contributed by atoms with Crippen LogP contribution >= 0.6 is 11.6 Å². The van der Waals surface area contributed by atoms with Crippen molar-refractivity contribution in [2.75, 3.05) is 19.0 Å². The second kappa shape index (κ2) is 6.84. The smallest absolute Gasteiger partial charge is 0.253 e. The van der Waals surface area contributed by atoms with Crippen LogP contribution in [0.3, 0.4) is 0 Å². The number of likely N-dealkylation sites (tertiary alicyclic amines) is 1. The number of amides is 1. The molecule has 1 heterocycles. The van der Waals surface area contributed by atoms with E-state index in [2.05, 4.69) is 0 Å². The molecule has 1 unspecified atom stereocenters. The molecule has 20 heavy (non-hydrogen) atoms. The lowest BCUT2D eigenvalue weighted by Gasteiger charge is -2.32. The van der Waals surface area contributed by atoms with Gasteiger partial charge in [-0.3, -0.25) is 9.59 Å². The van der Waals surface area contributed by atoms with Crippen LogP contribution in [0, 0.1) is 11.7 Å². The molecule has 0 N–H and O–H groups in total. The highest BCUT2D eigenvalue weighted by atomic mass is 35.5. The molecular formula is C15H17ClFNO2. The van der Waals surface area contributed by atoms with E-state index in [1.54, 1.807) is 4.90 Å². The third kappa shape index (κ3) is 3.79. The number of ketones is 1. The number of halogens is 2. The fraction of sp³-hybridized carbons (Fsp3) is 0.467. The lowest BCUT2D eigenvalue weighted by molar-refractivity contribution is -0.117. The Bertz CT molecular complexity index is 489. The molecule has 0 spiro atoms. The number of alkyl halides is 1. The van der Waals surface area contributed by atoms with E-state index in [9.17, 15) is 14.0 Å². The van der Waals surface area contributed by atoms with Gasteiger partial charge in [-0.2, -0.15) is 0 Å². The summed E-state index contributed by atoms with van der Waals surface area (Å²) in [6, 6.07) is 5.55. The first-order valence-corrected chi connectivity index (χ1v) is 7.26. The van der Waals surface area contributed by atoms with Crippen LogP contribution in [0.15, 0.2) is 24.3 Å². The van der Waals surface area contributed by atoms with E-state index in [0.717, 1.165) is 12.8 Å². The molecule has 1 saturated heterocycles. The van der Waals surface area contributed by atoms with E-state index in [1.807, 2.05) is 0 Å². The molecule has 0 radical (unpaired) electrons. The van der Waals surface area contributed by atoms with Crippen molar-refractivity contribution < 1.29 is 14.0 Å². The molecule has 1 aromatic carbocycles. The zero-order chi connectivity index (χ0) is 14.5. The summed E-state index contributed by atoms with van der Waals surface area (Å²) in [5.41, 5.74) is 0.482. The minimum atomic E-state index is -0.356. The highest BCUT2D eigenvalue weighted by Gasteiger charge is 2.25. The van der Waals surface area contributed by atoms with E-state index < -0.39 is 0 Å². The zero-order valence-corrected chi connectivity index (χ0v) is 11.9. The highest BCUT2D eigenvalue weighted by molar-refractivity contribution is 6.27. The van der Waals surface area contributed by atoms with Crippen LogP contribution in [0.25, 0.3) is 0 Å². The zero-order valence-electron chi connectivity index (χ0n) is 11.1. The maximum absolute atomic E-state index is 12.9. The molecule has 5 heteroatoms. The molecule has 1 aromatic rings. The van der Waals surface area contributed by atoms with Gasteiger partial charge in [-0.15, -0.1) is 11.6 Å². The number of hydrogen-bond acceptors (Lipinski definition) is 2. The molecule has 0 saturated carbocycles. The van der Waals surface area contributed by atoms with Gasteiger partial charge in [0.15, 0.2) is 0 Å². The quantitative estimate of drug-likeness (QED) is 0.801. The van der Waals surface area contributed by atoms with Gasteiger partial charge in [-0.05, 0) is 43.0 Å². The summed E-state index contributed by atoms with van der Waals surface area (Å²) in [4.78, 5) is 25.4. The second-order valence-electron chi connectivity index (χ2n) is 5.14. The van der Waals surface area contributed by atoms with Crippen molar-refractivity contribution in [3.05, 3.63) is 35.6 Å². The molecule has 1 aliphatic heterocycles. The van der Waals surface area contributed by atoms with E-state index in [-0.39, 0.29) is 29.3 Å². The normalized spacial score (nSPS) is 18.9. The predicted molar refractivity (Wildman–Crippen MR) is 75.4 cm³/mol. The van der Waals surface area contributed by atoms with Crippen molar-refractivity contribution in [3.63, 3.8) is 0 Å². The van der Waals surface area contributed by atoms with E-state index in [0.29, 0.717) is 25.1 Å². The number of benzene rings is 1. The lowest BCUT2D eigenvalue weighted by atomic mass is 9.93. The first-order chi connectivity index (χ1) is 9.60. The molecule has 0 aromatic heterocycles. The van der Waals surface area contributed by atoms with Crippen LogP contribution in [0.2, 0.25) is 0 Å². The van der Waals surface area contributed by atoms with Crippen LogP contribution in [-0.2, 0) is 4.79 Å². The fourth-order valence-corrected chi connectivity index (χ4v) is 2.68. The SMILES string of the molecule is O=C(CCl)CC1CCCN(C(=O)c2ccc(F)cc2)C1. The Kier molecular flexibility index (Phi) is 5.12. The van der Waals surface area contributed by atoms with Gasteiger partial charge in [0, 0.05) is 25.1 Å². The van der Waals surface area contributed by atoms with Gasteiger partial charge in [-0.25, -0.2) is 4.39 Å². The molecule has 108 valence electrons. The van der Waals surface area contributed by atoms with Gasteiger partial charge in [0.25, 0.3) is 5.91 Å². The number of rotatable bonds is 4. The van der Waals surface area contributed by atoms with Crippen LogP contribution < -0.4 is 0 Å². The highest BCUT2D eigenvalue weighted by Crippen LogP contribution is 2.21. The maximum Gasteiger partial charge on any atom is 0.253 e. The van der Waals surface area contributed by atoms with Crippen LogP contribution in [0.5, 0.6) is 0 Å². The van der Waals surface area contributed by atoms with Crippen molar-refractivity contribution in [2.24, 2.45) is 5.92 Å². The molecule has 2 rings (SSSR count). The Morgan fingerprint density at radius 3 is 2.65 bits per heavy atom. The van der Waals surface area contributed by atoms with Gasteiger partial charge in [0.1, 0.15) is 11.6 Å². The van der Waals surface area contributed by atoms with Gasteiger partial charge in [0.2, 0.25) is 0 Å². The van der Waals surface area contributed by atoms with Crippen molar-refractivity contribution in [3.8, 4) is 0 Å². The van der Waals surface area contributed by atoms with Crippen molar-refractivity contribution in [1.29, 1.82) is 0 Å². The lowest BCUT2D eigenvalue weighted by Crippen LogP contribution is -2.40. The largest absolute Gasteiger partial charge is 0.338 e. The van der Waals surface area contributed by atoms with Gasteiger partial charge < -0.3 is 4.90 Å². The van der Waals surface area contributed by atoms with E-state index in [4.69, 9.17) is 11.6 Å². The monoisotopic (exact) mass is 297 g/mol. The van der Waals surface area contributed by atoms with Crippen LogP contribution in [0.4, 0.5) is 4.39 Å². The Labute approximate surface area is 122 Å². The standard InChI is InChI=1S/C15H17ClFNO2/c16-9-14(19)8-11-2-1-7-18(10-11)15(20)12-3-5-13(17)6-4-12/h3-6,11H,1-2,7-10H2. The molecule has 0 aliphatic carbocycles. The minimum Gasteiger partial charge on any atom is -0.338 e. The number of hydrogen-bond donors (Lipinski definition) is 0. The molecule has 3 nitrogen and oxygen atoms in total. The third-order valence-electron chi connectivity index (χ3n) is 3.56. The third-order valence-corrected chi connectivity index (χ3v) is 3.86. The minimum absolute atomic E-state index is 0.0211. The Hall–Kier alpha value is -1.42. The molecule has 0 bridgehead atoms.